The van der Waals surface area contributed by atoms with Crippen molar-refractivity contribution in [3.8, 4) is 5.75 Å². The molecule has 1 heterocycles. The highest BCUT2D eigenvalue weighted by molar-refractivity contribution is 5.96. The summed E-state index contributed by atoms with van der Waals surface area (Å²) in [6.07, 6.45) is 0.678. The molecule has 5 heteroatoms. The number of benzene rings is 2. The van der Waals surface area contributed by atoms with Crippen molar-refractivity contribution < 1.29 is 13.9 Å². The molecule has 0 bridgehead atoms. The fourth-order valence-electron chi connectivity index (χ4n) is 2.43. The second kappa shape index (κ2) is 6.52. The number of ether oxygens (including phenoxy) is 1. The second-order valence-electron chi connectivity index (χ2n) is 5.27. The molecule has 5 nitrogen and oxygen atoms in total. The minimum Gasteiger partial charge on any atom is -0.494 e. The molecule has 0 aliphatic carbocycles. The molecule has 0 amide bonds. The summed E-state index contributed by atoms with van der Waals surface area (Å²) < 4.78 is 12.4. The molecular weight excluding hydrogens is 294 g/mol. The zero-order valence-electron chi connectivity index (χ0n) is 12.8. The highest BCUT2D eigenvalue weighted by Crippen LogP contribution is 2.16. The quantitative estimate of drug-likeness (QED) is 0.518. The fourth-order valence-corrected chi connectivity index (χ4v) is 2.43. The molecular formula is C18H17NO4. The average Bonchev–Trinajstić information content (AvgIpc) is 2.87. The number of ketones is 1. The third kappa shape index (κ3) is 3.34. The Morgan fingerprint density at radius 1 is 1.17 bits per heavy atom. The molecule has 0 aliphatic heterocycles. The number of oxazole rings is 1. The highest BCUT2D eigenvalue weighted by atomic mass is 16.5. The van der Waals surface area contributed by atoms with Gasteiger partial charge >= 0.3 is 5.76 Å². The van der Waals surface area contributed by atoms with E-state index in [-0.39, 0.29) is 5.78 Å². The number of aryl methyl sites for hydroxylation is 1. The molecule has 118 valence electrons. The van der Waals surface area contributed by atoms with Crippen molar-refractivity contribution in [2.75, 3.05) is 6.61 Å². The predicted molar refractivity (Wildman–Crippen MR) is 87.0 cm³/mol. The SMILES string of the molecule is CC(=O)c1ccc2c(c1)oc(=O)n2CCCOc1ccccc1. The Bertz CT molecular complexity index is 877. The van der Waals surface area contributed by atoms with Crippen LogP contribution in [0.1, 0.15) is 23.7 Å². The van der Waals surface area contributed by atoms with Gasteiger partial charge in [0.2, 0.25) is 0 Å². The van der Waals surface area contributed by atoms with Crippen LogP contribution in [0.4, 0.5) is 0 Å². The first-order valence-electron chi connectivity index (χ1n) is 7.47. The summed E-state index contributed by atoms with van der Waals surface area (Å²) in [5.41, 5.74) is 1.66. The minimum atomic E-state index is -0.416. The molecule has 0 N–H and O–H groups in total. The molecule has 0 unspecified atom stereocenters. The Balaban J connectivity index is 1.69. The van der Waals surface area contributed by atoms with Gasteiger partial charge < -0.3 is 9.15 Å². The third-order valence-corrected chi connectivity index (χ3v) is 3.61. The van der Waals surface area contributed by atoms with Gasteiger partial charge in [0.25, 0.3) is 0 Å². The first-order valence-corrected chi connectivity index (χ1v) is 7.47. The van der Waals surface area contributed by atoms with E-state index in [1.165, 1.54) is 6.92 Å². The van der Waals surface area contributed by atoms with Crippen molar-refractivity contribution in [3.05, 3.63) is 64.6 Å². The number of hydrogen-bond donors (Lipinski definition) is 0. The Morgan fingerprint density at radius 3 is 2.70 bits per heavy atom. The summed E-state index contributed by atoms with van der Waals surface area (Å²) >= 11 is 0. The summed E-state index contributed by atoms with van der Waals surface area (Å²) in [6.45, 7) is 2.49. The van der Waals surface area contributed by atoms with Crippen LogP contribution in [0.15, 0.2) is 57.7 Å². The standard InChI is InChI=1S/C18H17NO4/c1-13(20)14-8-9-16-17(12-14)23-18(21)19(16)10-5-11-22-15-6-3-2-4-7-15/h2-4,6-9,12H,5,10-11H2,1H3. The van der Waals surface area contributed by atoms with E-state index in [0.717, 1.165) is 5.75 Å². The van der Waals surface area contributed by atoms with E-state index in [4.69, 9.17) is 9.15 Å². The van der Waals surface area contributed by atoms with Crippen LogP contribution >= 0.6 is 0 Å². The van der Waals surface area contributed by atoms with Crippen LogP contribution in [0.5, 0.6) is 5.75 Å². The average molecular weight is 311 g/mol. The van der Waals surface area contributed by atoms with Gasteiger partial charge in [0.1, 0.15) is 5.75 Å². The molecule has 0 saturated heterocycles. The lowest BCUT2D eigenvalue weighted by Gasteiger charge is -2.06. The van der Waals surface area contributed by atoms with Crippen molar-refractivity contribution in [2.45, 2.75) is 19.9 Å². The van der Waals surface area contributed by atoms with Crippen LogP contribution < -0.4 is 10.5 Å². The van der Waals surface area contributed by atoms with E-state index >= 15 is 0 Å². The number of para-hydroxylation sites is 1. The molecule has 0 radical (unpaired) electrons. The topological polar surface area (TPSA) is 61.4 Å². The summed E-state index contributed by atoms with van der Waals surface area (Å²) in [4.78, 5) is 23.3. The van der Waals surface area contributed by atoms with E-state index in [1.54, 1.807) is 22.8 Å². The Kier molecular flexibility index (Phi) is 4.28. The van der Waals surface area contributed by atoms with Crippen molar-refractivity contribution >= 4 is 16.9 Å². The molecule has 3 rings (SSSR count). The number of hydrogen-bond acceptors (Lipinski definition) is 4. The zero-order chi connectivity index (χ0) is 16.2. The molecule has 1 aromatic heterocycles. The van der Waals surface area contributed by atoms with E-state index in [2.05, 4.69) is 0 Å². The van der Waals surface area contributed by atoms with Gasteiger partial charge in [-0.15, -0.1) is 0 Å². The monoisotopic (exact) mass is 311 g/mol. The van der Waals surface area contributed by atoms with Crippen LogP contribution in [-0.2, 0) is 6.54 Å². The van der Waals surface area contributed by atoms with Gasteiger partial charge in [-0.25, -0.2) is 4.79 Å². The van der Waals surface area contributed by atoms with Gasteiger partial charge in [-0.2, -0.15) is 0 Å². The van der Waals surface area contributed by atoms with Crippen LogP contribution in [0.3, 0.4) is 0 Å². The smallest absolute Gasteiger partial charge is 0.419 e. The van der Waals surface area contributed by atoms with E-state index in [1.807, 2.05) is 30.3 Å². The second-order valence-corrected chi connectivity index (χ2v) is 5.27. The molecule has 23 heavy (non-hydrogen) atoms. The maximum Gasteiger partial charge on any atom is 0.419 e. The summed E-state index contributed by atoms with van der Waals surface area (Å²) in [5, 5.41) is 0. The maximum atomic E-state index is 12.0. The lowest BCUT2D eigenvalue weighted by Crippen LogP contribution is -2.15. The van der Waals surface area contributed by atoms with Gasteiger partial charge in [-0.1, -0.05) is 18.2 Å². The predicted octanol–water partition coefficient (Wildman–Crippen LogP) is 3.27. The number of Topliss-reactive ketones (excluding diaryl/α,β-unsaturated/α-hetero) is 1. The number of carbonyl (C=O) groups is 1. The van der Waals surface area contributed by atoms with Crippen LogP contribution in [0.2, 0.25) is 0 Å². The third-order valence-electron chi connectivity index (χ3n) is 3.61. The number of carbonyl (C=O) groups excluding carboxylic acids is 1. The fraction of sp³-hybridized carbons (Fsp3) is 0.222. The highest BCUT2D eigenvalue weighted by Gasteiger charge is 2.11. The van der Waals surface area contributed by atoms with Crippen molar-refractivity contribution in [1.82, 2.24) is 4.57 Å². The van der Waals surface area contributed by atoms with E-state index in [9.17, 15) is 9.59 Å². The molecule has 0 atom stereocenters. The van der Waals surface area contributed by atoms with E-state index in [0.29, 0.717) is 36.2 Å². The first kappa shape index (κ1) is 15.1. The van der Waals surface area contributed by atoms with Gasteiger partial charge in [-0.3, -0.25) is 9.36 Å². The molecule has 0 saturated carbocycles. The van der Waals surface area contributed by atoms with Crippen molar-refractivity contribution in [1.29, 1.82) is 0 Å². The van der Waals surface area contributed by atoms with Crippen molar-refractivity contribution in [2.24, 2.45) is 0 Å². The number of rotatable bonds is 6. The van der Waals surface area contributed by atoms with Crippen LogP contribution in [0, 0.1) is 0 Å². The largest absolute Gasteiger partial charge is 0.494 e. The molecule has 0 spiro atoms. The van der Waals surface area contributed by atoms with Crippen LogP contribution in [0.25, 0.3) is 11.1 Å². The summed E-state index contributed by atoms with van der Waals surface area (Å²) in [5.74, 6) is 0.335. The van der Waals surface area contributed by atoms with Crippen molar-refractivity contribution in [3.63, 3.8) is 0 Å². The Morgan fingerprint density at radius 2 is 1.96 bits per heavy atom. The lowest BCUT2D eigenvalue weighted by molar-refractivity contribution is 0.101. The normalized spacial score (nSPS) is 10.8. The number of nitrogens with zero attached hydrogens (tertiary/aromatic N) is 1. The zero-order valence-corrected chi connectivity index (χ0v) is 12.8. The lowest BCUT2D eigenvalue weighted by atomic mass is 10.1. The Labute approximate surface area is 133 Å². The first-order chi connectivity index (χ1) is 11.1. The molecule has 0 fully saturated rings. The number of aromatic nitrogens is 1. The van der Waals surface area contributed by atoms with Gasteiger partial charge in [0.05, 0.1) is 12.1 Å². The summed E-state index contributed by atoms with van der Waals surface area (Å²) in [7, 11) is 0. The Hall–Kier alpha value is -2.82. The van der Waals surface area contributed by atoms with Crippen LogP contribution in [-0.4, -0.2) is 17.0 Å². The summed E-state index contributed by atoms with van der Waals surface area (Å²) in [6, 6.07) is 14.6. The molecule has 0 aliphatic rings. The van der Waals surface area contributed by atoms with E-state index < -0.39 is 5.76 Å². The molecule has 3 aromatic rings. The molecule has 2 aromatic carbocycles. The van der Waals surface area contributed by atoms with Gasteiger partial charge in [-0.05, 0) is 43.7 Å². The van der Waals surface area contributed by atoms with Gasteiger partial charge in [0.15, 0.2) is 11.4 Å². The number of fused-ring (bicyclic) bond motifs is 1. The minimum absolute atomic E-state index is 0.0569. The van der Waals surface area contributed by atoms with Gasteiger partial charge in [0, 0.05) is 12.1 Å². The maximum absolute atomic E-state index is 12.0.